The van der Waals surface area contributed by atoms with Crippen LogP contribution in [-0.4, -0.2) is 11.1 Å². The number of esters is 1. The number of hydrogen-bond donors (Lipinski definition) is 1. The van der Waals surface area contributed by atoms with Crippen LogP contribution in [-0.2, 0) is 16.1 Å². The van der Waals surface area contributed by atoms with Crippen molar-refractivity contribution >= 4 is 5.97 Å². The molecule has 1 rings (SSSR count). The fourth-order valence-corrected chi connectivity index (χ4v) is 1.74. The number of benzene rings is 1. The zero-order chi connectivity index (χ0) is 13.2. The Balaban J connectivity index is 2.15. The molecule has 0 atom stereocenters. The highest BCUT2D eigenvalue weighted by atomic mass is 16.5. The smallest absolute Gasteiger partial charge is 0.306 e. The van der Waals surface area contributed by atoms with Gasteiger partial charge < -0.3 is 9.84 Å². The topological polar surface area (TPSA) is 46.5 Å². The van der Waals surface area contributed by atoms with Crippen molar-refractivity contribution in [3.63, 3.8) is 0 Å². The van der Waals surface area contributed by atoms with Crippen molar-refractivity contribution < 1.29 is 14.6 Å². The minimum Gasteiger partial charge on any atom is -0.508 e. The number of ether oxygens (including phenoxy) is 1. The van der Waals surface area contributed by atoms with E-state index in [0.29, 0.717) is 12.0 Å². The number of carbonyl (C=O) groups is 1. The number of hydrogen-bond acceptors (Lipinski definition) is 3. The number of para-hydroxylation sites is 1. The Labute approximate surface area is 109 Å². The summed E-state index contributed by atoms with van der Waals surface area (Å²) in [7, 11) is 0. The van der Waals surface area contributed by atoms with Gasteiger partial charge in [0.05, 0.1) is 0 Å². The summed E-state index contributed by atoms with van der Waals surface area (Å²) in [6.07, 6.45) is 6.06. The summed E-state index contributed by atoms with van der Waals surface area (Å²) in [6.45, 7) is 2.32. The van der Waals surface area contributed by atoms with Crippen LogP contribution in [0, 0.1) is 0 Å². The van der Waals surface area contributed by atoms with Gasteiger partial charge in [-0.15, -0.1) is 0 Å². The monoisotopic (exact) mass is 250 g/mol. The Morgan fingerprint density at radius 2 is 1.89 bits per heavy atom. The second kappa shape index (κ2) is 8.56. The summed E-state index contributed by atoms with van der Waals surface area (Å²) < 4.78 is 5.12. The molecule has 1 aromatic rings. The summed E-state index contributed by atoms with van der Waals surface area (Å²) >= 11 is 0. The largest absolute Gasteiger partial charge is 0.508 e. The summed E-state index contributed by atoms with van der Waals surface area (Å²) in [5.41, 5.74) is 0.650. The van der Waals surface area contributed by atoms with Crippen LogP contribution in [0.1, 0.15) is 51.0 Å². The molecule has 1 N–H and O–H groups in total. The van der Waals surface area contributed by atoms with E-state index in [2.05, 4.69) is 6.92 Å². The molecule has 0 aliphatic rings. The maximum Gasteiger partial charge on any atom is 0.306 e. The zero-order valence-corrected chi connectivity index (χ0v) is 11.0. The zero-order valence-electron chi connectivity index (χ0n) is 11.0. The lowest BCUT2D eigenvalue weighted by molar-refractivity contribution is -0.145. The average Bonchev–Trinajstić information content (AvgIpc) is 2.37. The molecule has 0 heterocycles. The highest BCUT2D eigenvalue weighted by Crippen LogP contribution is 2.16. The minimum atomic E-state index is -0.185. The molecule has 1 aromatic carbocycles. The quantitative estimate of drug-likeness (QED) is 0.564. The molecule has 0 radical (unpaired) electrons. The highest BCUT2D eigenvalue weighted by molar-refractivity contribution is 5.69. The number of aromatic hydroxyl groups is 1. The fourth-order valence-electron chi connectivity index (χ4n) is 1.74. The lowest BCUT2D eigenvalue weighted by Gasteiger charge is -2.06. The first kappa shape index (κ1) is 14.6. The van der Waals surface area contributed by atoms with E-state index < -0.39 is 0 Å². The third kappa shape index (κ3) is 5.71. The Hall–Kier alpha value is -1.51. The lowest BCUT2D eigenvalue weighted by atomic mass is 10.1. The van der Waals surface area contributed by atoms with Crippen LogP contribution < -0.4 is 0 Å². The molecule has 0 saturated heterocycles. The molecule has 0 aromatic heterocycles. The predicted molar refractivity (Wildman–Crippen MR) is 71.3 cm³/mol. The van der Waals surface area contributed by atoms with Crippen LogP contribution in [0.15, 0.2) is 24.3 Å². The summed E-state index contributed by atoms with van der Waals surface area (Å²) in [6, 6.07) is 6.90. The molecule has 0 aliphatic carbocycles. The Kier molecular flexibility index (Phi) is 6.92. The maximum atomic E-state index is 11.5. The van der Waals surface area contributed by atoms with Crippen LogP contribution in [0.4, 0.5) is 0 Å². The van der Waals surface area contributed by atoms with E-state index in [4.69, 9.17) is 4.74 Å². The predicted octanol–water partition coefficient (Wildman–Crippen LogP) is 3.80. The first-order valence-corrected chi connectivity index (χ1v) is 6.66. The molecule has 18 heavy (non-hydrogen) atoms. The van der Waals surface area contributed by atoms with Crippen LogP contribution in [0.5, 0.6) is 5.75 Å². The van der Waals surface area contributed by atoms with Crippen molar-refractivity contribution in [3.8, 4) is 5.75 Å². The molecule has 0 amide bonds. The van der Waals surface area contributed by atoms with Crippen LogP contribution in [0.3, 0.4) is 0 Å². The number of carbonyl (C=O) groups excluding carboxylic acids is 1. The van der Waals surface area contributed by atoms with Crippen LogP contribution in [0.25, 0.3) is 0 Å². The molecular weight excluding hydrogens is 228 g/mol. The van der Waals surface area contributed by atoms with Crippen molar-refractivity contribution in [1.82, 2.24) is 0 Å². The van der Waals surface area contributed by atoms with Gasteiger partial charge in [-0.05, 0) is 12.5 Å². The van der Waals surface area contributed by atoms with Crippen molar-refractivity contribution in [2.75, 3.05) is 0 Å². The molecule has 0 aliphatic heterocycles. The molecular formula is C15H22O3. The second-order valence-corrected chi connectivity index (χ2v) is 4.45. The minimum absolute atomic E-state index is 0.153. The van der Waals surface area contributed by atoms with E-state index in [-0.39, 0.29) is 18.3 Å². The molecule has 0 fully saturated rings. The Morgan fingerprint density at radius 3 is 2.61 bits per heavy atom. The third-order valence-electron chi connectivity index (χ3n) is 2.86. The van der Waals surface area contributed by atoms with E-state index in [1.807, 2.05) is 6.07 Å². The standard InChI is InChI=1S/C15H22O3/c1-2-3-4-5-6-11-15(17)18-12-13-9-7-8-10-14(13)16/h7-10,16H,2-6,11-12H2,1H3. The van der Waals surface area contributed by atoms with Crippen LogP contribution in [0.2, 0.25) is 0 Å². The normalized spacial score (nSPS) is 10.3. The van der Waals surface area contributed by atoms with Gasteiger partial charge in [0.15, 0.2) is 0 Å². The second-order valence-electron chi connectivity index (χ2n) is 4.45. The first-order chi connectivity index (χ1) is 8.74. The Bertz CT molecular complexity index is 361. The van der Waals surface area contributed by atoms with Gasteiger partial charge in [0.25, 0.3) is 0 Å². The van der Waals surface area contributed by atoms with Crippen LogP contribution >= 0.6 is 0 Å². The summed E-state index contributed by atoms with van der Waals surface area (Å²) in [4.78, 5) is 11.5. The average molecular weight is 250 g/mol. The SMILES string of the molecule is CCCCCCCC(=O)OCc1ccccc1O. The van der Waals surface area contributed by atoms with Gasteiger partial charge in [0.2, 0.25) is 0 Å². The molecule has 0 unspecified atom stereocenters. The van der Waals surface area contributed by atoms with E-state index >= 15 is 0 Å². The number of phenols is 1. The summed E-state index contributed by atoms with van der Waals surface area (Å²) in [5, 5.41) is 9.51. The van der Waals surface area contributed by atoms with E-state index in [1.165, 1.54) is 19.3 Å². The molecule has 0 bridgehead atoms. The van der Waals surface area contributed by atoms with E-state index in [1.54, 1.807) is 18.2 Å². The van der Waals surface area contributed by atoms with Gasteiger partial charge in [-0.3, -0.25) is 4.79 Å². The number of unbranched alkanes of at least 4 members (excludes halogenated alkanes) is 4. The third-order valence-corrected chi connectivity index (χ3v) is 2.86. The van der Waals surface area contributed by atoms with Gasteiger partial charge in [0.1, 0.15) is 12.4 Å². The van der Waals surface area contributed by atoms with Gasteiger partial charge >= 0.3 is 5.97 Å². The Morgan fingerprint density at radius 1 is 1.17 bits per heavy atom. The molecule has 3 heteroatoms. The molecule has 3 nitrogen and oxygen atoms in total. The van der Waals surface area contributed by atoms with Gasteiger partial charge in [-0.25, -0.2) is 0 Å². The molecule has 0 spiro atoms. The number of phenolic OH excluding ortho intramolecular Hbond substituents is 1. The summed E-state index contributed by atoms with van der Waals surface area (Å²) in [5.74, 6) is -0.0111. The van der Waals surface area contributed by atoms with Crippen molar-refractivity contribution in [2.24, 2.45) is 0 Å². The van der Waals surface area contributed by atoms with Gasteiger partial charge in [-0.1, -0.05) is 50.8 Å². The van der Waals surface area contributed by atoms with Crippen molar-refractivity contribution in [1.29, 1.82) is 0 Å². The van der Waals surface area contributed by atoms with Gasteiger partial charge in [0, 0.05) is 12.0 Å². The first-order valence-electron chi connectivity index (χ1n) is 6.66. The van der Waals surface area contributed by atoms with Crippen molar-refractivity contribution in [3.05, 3.63) is 29.8 Å². The maximum absolute atomic E-state index is 11.5. The fraction of sp³-hybridized carbons (Fsp3) is 0.533. The van der Waals surface area contributed by atoms with E-state index in [0.717, 1.165) is 12.8 Å². The highest BCUT2D eigenvalue weighted by Gasteiger charge is 2.05. The van der Waals surface area contributed by atoms with Crippen molar-refractivity contribution in [2.45, 2.75) is 52.1 Å². The molecule has 100 valence electrons. The van der Waals surface area contributed by atoms with Gasteiger partial charge in [-0.2, -0.15) is 0 Å². The molecule has 0 saturated carbocycles. The number of rotatable bonds is 8. The lowest BCUT2D eigenvalue weighted by Crippen LogP contribution is -2.04. The van der Waals surface area contributed by atoms with E-state index in [9.17, 15) is 9.90 Å².